The molecule has 8 nitrogen and oxygen atoms in total. The van der Waals surface area contributed by atoms with E-state index in [0.29, 0.717) is 17.0 Å². The number of anilines is 1. The van der Waals surface area contributed by atoms with Gasteiger partial charge in [0, 0.05) is 12.0 Å². The molecule has 3 rings (SSSR count). The number of hydrogen-bond acceptors (Lipinski definition) is 7. The summed E-state index contributed by atoms with van der Waals surface area (Å²) < 4.78 is 5.49. The summed E-state index contributed by atoms with van der Waals surface area (Å²) in [6.07, 6.45) is 2.11. The summed E-state index contributed by atoms with van der Waals surface area (Å²) in [6, 6.07) is 6.00. The molecule has 9 heteroatoms. The standard InChI is InChI=1S/C14H14N4O4S/c1-8(23-14-17-16-13(22-14)9-6-7-9)12(19)15-10-4-2-3-5-11(10)18(20)21/h2-5,8-9H,6-7H2,1H3,(H,15,19)/t8-/m0/s1. The zero-order valence-corrected chi connectivity index (χ0v) is 13.1. The third-order valence-electron chi connectivity index (χ3n) is 3.35. The fourth-order valence-corrected chi connectivity index (χ4v) is 2.63. The van der Waals surface area contributed by atoms with Crippen molar-refractivity contribution in [3.05, 3.63) is 40.3 Å². The minimum absolute atomic E-state index is 0.146. The lowest BCUT2D eigenvalue weighted by molar-refractivity contribution is -0.383. The molecule has 1 N–H and O–H groups in total. The maximum absolute atomic E-state index is 12.2. The molecule has 0 radical (unpaired) electrons. The van der Waals surface area contributed by atoms with Gasteiger partial charge in [-0.15, -0.1) is 10.2 Å². The Morgan fingerprint density at radius 3 is 2.87 bits per heavy atom. The molecule has 1 atom stereocenters. The van der Waals surface area contributed by atoms with Crippen molar-refractivity contribution in [2.45, 2.75) is 36.2 Å². The van der Waals surface area contributed by atoms with Crippen LogP contribution in [0.15, 0.2) is 33.9 Å². The van der Waals surface area contributed by atoms with Gasteiger partial charge in [0.1, 0.15) is 5.69 Å². The Hall–Kier alpha value is -2.42. The average molecular weight is 334 g/mol. The summed E-state index contributed by atoms with van der Waals surface area (Å²) in [5.74, 6) is 0.599. The predicted octanol–water partition coefficient (Wildman–Crippen LogP) is 2.97. The van der Waals surface area contributed by atoms with Gasteiger partial charge in [-0.1, -0.05) is 23.9 Å². The highest BCUT2D eigenvalue weighted by atomic mass is 32.2. The van der Waals surface area contributed by atoms with Gasteiger partial charge in [0.05, 0.1) is 10.2 Å². The number of nitrogens with one attached hydrogen (secondary N) is 1. The van der Waals surface area contributed by atoms with Crippen LogP contribution in [0.2, 0.25) is 0 Å². The highest BCUT2D eigenvalue weighted by Crippen LogP contribution is 2.40. The summed E-state index contributed by atoms with van der Waals surface area (Å²) in [4.78, 5) is 22.6. The number of carbonyl (C=O) groups excluding carboxylic acids is 1. The van der Waals surface area contributed by atoms with Crippen LogP contribution in [0.5, 0.6) is 0 Å². The molecule has 0 aliphatic heterocycles. The van der Waals surface area contributed by atoms with Gasteiger partial charge in [-0.05, 0) is 25.8 Å². The van der Waals surface area contributed by atoms with E-state index in [2.05, 4.69) is 15.5 Å². The van der Waals surface area contributed by atoms with Crippen LogP contribution in [0.4, 0.5) is 11.4 Å². The lowest BCUT2D eigenvalue weighted by atomic mass is 10.2. The number of nitro benzene ring substituents is 1. The van der Waals surface area contributed by atoms with Gasteiger partial charge in [-0.25, -0.2) is 0 Å². The molecular weight excluding hydrogens is 320 g/mol. The second-order valence-electron chi connectivity index (χ2n) is 5.20. The molecule has 1 aliphatic rings. The Labute approximate surface area is 135 Å². The second-order valence-corrected chi connectivity index (χ2v) is 6.50. The van der Waals surface area contributed by atoms with E-state index in [-0.39, 0.29) is 17.3 Å². The van der Waals surface area contributed by atoms with E-state index < -0.39 is 10.2 Å². The highest BCUT2D eigenvalue weighted by molar-refractivity contribution is 8.00. The van der Waals surface area contributed by atoms with E-state index in [1.165, 1.54) is 12.1 Å². The summed E-state index contributed by atoms with van der Waals surface area (Å²) in [5.41, 5.74) is 0.0195. The lowest BCUT2D eigenvalue weighted by Gasteiger charge is -2.09. The molecule has 1 aromatic heterocycles. The quantitative estimate of drug-likeness (QED) is 0.491. The number of benzene rings is 1. The number of thioether (sulfide) groups is 1. The van der Waals surface area contributed by atoms with E-state index in [1.54, 1.807) is 19.1 Å². The van der Waals surface area contributed by atoms with Crippen molar-refractivity contribution >= 4 is 29.0 Å². The Balaban J connectivity index is 1.64. The van der Waals surface area contributed by atoms with Gasteiger partial charge >= 0.3 is 0 Å². The van der Waals surface area contributed by atoms with E-state index in [0.717, 1.165) is 24.6 Å². The van der Waals surface area contributed by atoms with Crippen molar-refractivity contribution in [3.63, 3.8) is 0 Å². The largest absolute Gasteiger partial charge is 0.416 e. The fourth-order valence-electron chi connectivity index (χ4n) is 1.94. The van der Waals surface area contributed by atoms with Crippen LogP contribution >= 0.6 is 11.8 Å². The number of para-hydroxylation sites is 2. The molecule has 1 aliphatic carbocycles. The van der Waals surface area contributed by atoms with Crippen LogP contribution in [0.3, 0.4) is 0 Å². The molecule has 1 saturated carbocycles. The molecule has 0 bridgehead atoms. The van der Waals surface area contributed by atoms with Crippen molar-refractivity contribution in [1.29, 1.82) is 0 Å². The number of nitrogens with zero attached hydrogens (tertiary/aromatic N) is 3. The Morgan fingerprint density at radius 1 is 1.43 bits per heavy atom. The predicted molar refractivity (Wildman–Crippen MR) is 83.3 cm³/mol. The monoisotopic (exact) mass is 334 g/mol. The topological polar surface area (TPSA) is 111 Å². The third kappa shape index (κ3) is 3.67. The van der Waals surface area contributed by atoms with Gasteiger partial charge in [-0.3, -0.25) is 14.9 Å². The normalized spacial score (nSPS) is 15.2. The van der Waals surface area contributed by atoms with Crippen LogP contribution in [0.1, 0.15) is 31.6 Å². The Morgan fingerprint density at radius 2 is 2.17 bits per heavy atom. The first-order chi connectivity index (χ1) is 11.0. The molecule has 1 amide bonds. The minimum Gasteiger partial charge on any atom is -0.416 e. The van der Waals surface area contributed by atoms with Crippen LogP contribution in [0.25, 0.3) is 0 Å². The van der Waals surface area contributed by atoms with Gasteiger partial charge in [0.2, 0.25) is 11.8 Å². The number of nitro groups is 1. The Bertz CT molecular complexity index is 744. The maximum Gasteiger partial charge on any atom is 0.292 e. The smallest absolute Gasteiger partial charge is 0.292 e. The molecule has 1 heterocycles. The average Bonchev–Trinajstić information content (AvgIpc) is 3.28. The first kappa shape index (κ1) is 15.5. The van der Waals surface area contributed by atoms with E-state index >= 15 is 0 Å². The zero-order chi connectivity index (χ0) is 16.4. The van der Waals surface area contributed by atoms with Gasteiger partial charge in [0.25, 0.3) is 10.9 Å². The molecule has 1 aromatic carbocycles. The van der Waals surface area contributed by atoms with Crippen LogP contribution in [0, 0.1) is 10.1 Å². The molecule has 0 unspecified atom stereocenters. The van der Waals surface area contributed by atoms with Crippen molar-refractivity contribution < 1.29 is 14.1 Å². The highest BCUT2D eigenvalue weighted by Gasteiger charge is 2.30. The van der Waals surface area contributed by atoms with Crippen molar-refractivity contribution in [2.75, 3.05) is 5.32 Å². The van der Waals surface area contributed by atoms with Crippen molar-refractivity contribution in [2.24, 2.45) is 0 Å². The lowest BCUT2D eigenvalue weighted by Crippen LogP contribution is -2.22. The molecule has 0 spiro atoms. The molecule has 0 saturated heterocycles. The van der Waals surface area contributed by atoms with Crippen LogP contribution in [-0.2, 0) is 4.79 Å². The van der Waals surface area contributed by atoms with E-state index in [1.807, 2.05) is 0 Å². The second kappa shape index (κ2) is 6.37. The molecular formula is C14H14N4O4S. The Kier molecular flexibility index (Phi) is 4.28. The van der Waals surface area contributed by atoms with E-state index in [9.17, 15) is 14.9 Å². The number of carbonyl (C=O) groups is 1. The fraction of sp³-hybridized carbons (Fsp3) is 0.357. The molecule has 120 valence electrons. The van der Waals surface area contributed by atoms with Crippen molar-refractivity contribution in [1.82, 2.24) is 10.2 Å². The summed E-state index contributed by atoms with van der Waals surface area (Å²) in [7, 11) is 0. The summed E-state index contributed by atoms with van der Waals surface area (Å²) in [5, 5.41) is 21.2. The van der Waals surface area contributed by atoms with Gasteiger partial charge < -0.3 is 9.73 Å². The number of aromatic nitrogens is 2. The summed E-state index contributed by atoms with van der Waals surface area (Å²) >= 11 is 1.13. The van der Waals surface area contributed by atoms with Gasteiger partial charge in [-0.2, -0.15) is 0 Å². The number of rotatable bonds is 6. The summed E-state index contributed by atoms with van der Waals surface area (Å²) in [6.45, 7) is 1.68. The zero-order valence-electron chi connectivity index (χ0n) is 12.3. The molecule has 2 aromatic rings. The van der Waals surface area contributed by atoms with E-state index in [4.69, 9.17) is 4.42 Å². The molecule has 1 fully saturated rings. The first-order valence-electron chi connectivity index (χ1n) is 7.09. The van der Waals surface area contributed by atoms with Crippen LogP contribution in [-0.4, -0.2) is 26.3 Å². The number of hydrogen-bond donors (Lipinski definition) is 1. The van der Waals surface area contributed by atoms with Crippen molar-refractivity contribution in [3.8, 4) is 0 Å². The maximum atomic E-state index is 12.2. The SMILES string of the molecule is C[C@H](Sc1nnc(C2CC2)o1)C(=O)Nc1ccccc1[N+](=O)[O-]. The number of amides is 1. The molecule has 23 heavy (non-hydrogen) atoms. The van der Waals surface area contributed by atoms with Crippen LogP contribution < -0.4 is 5.32 Å². The van der Waals surface area contributed by atoms with Gasteiger partial charge in [0.15, 0.2) is 0 Å². The third-order valence-corrected chi connectivity index (χ3v) is 4.29. The minimum atomic E-state index is -0.534. The first-order valence-corrected chi connectivity index (χ1v) is 7.97.